The van der Waals surface area contributed by atoms with Gasteiger partial charge in [-0.25, -0.2) is 0 Å². The lowest BCUT2D eigenvalue weighted by molar-refractivity contribution is -0.242. The largest absolute Gasteiger partial charge is 0.460 e. The lowest BCUT2D eigenvalue weighted by Gasteiger charge is -2.44. The normalized spacial score (nSPS) is 27.1. The Balaban J connectivity index is 2.64. The first-order valence-corrected chi connectivity index (χ1v) is 6.82. The molecule has 0 spiro atoms. The molecule has 19 heavy (non-hydrogen) atoms. The molecular formula is C14H27NO4. The van der Waals surface area contributed by atoms with E-state index in [0.717, 1.165) is 6.42 Å². The summed E-state index contributed by atoms with van der Waals surface area (Å²) in [4.78, 5) is 11.9. The van der Waals surface area contributed by atoms with E-state index in [1.165, 1.54) is 0 Å². The molecule has 1 rings (SSSR count). The highest BCUT2D eigenvalue weighted by Crippen LogP contribution is 2.37. The number of hydrogen-bond acceptors (Lipinski definition) is 5. The Morgan fingerprint density at radius 3 is 2.42 bits per heavy atom. The van der Waals surface area contributed by atoms with Crippen molar-refractivity contribution < 1.29 is 19.0 Å². The summed E-state index contributed by atoms with van der Waals surface area (Å²) in [6, 6.07) is 0. The fraction of sp³-hybridized carbons (Fsp3) is 0.929. The summed E-state index contributed by atoms with van der Waals surface area (Å²) in [5.74, 6) is -0.237. The molecule has 0 aromatic rings. The van der Waals surface area contributed by atoms with Crippen LogP contribution < -0.4 is 5.73 Å². The van der Waals surface area contributed by atoms with E-state index in [9.17, 15) is 4.79 Å². The molecule has 5 nitrogen and oxygen atoms in total. The van der Waals surface area contributed by atoms with Crippen molar-refractivity contribution in [3.63, 3.8) is 0 Å². The van der Waals surface area contributed by atoms with Gasteiger partial charge in [-0.1, -0.05) is 13.8 Å². The molecule has 2 atom stereocenters. The molecule has 0 aliphatic carbocycles. The Labute approximate surface area is 115 Å². The maximum Gasteiger partial charge on any atom is 0.308 e. The van der Waals surface area contributed by atoms with Gasteiger partial charge in [0.2, 0.25) is 0 Å². The molecule has 0 bridgehead atoms. The quantitative estimate of drug-likeness (QED) is 0.791. The fourth-order valence-electron chi connectivity index (χ4n) is 2.30. The zero-order chi connectivity index (χ0) is 14.7. The van der Waals surface area contributed by atoms with E-state index in [4.69, 9.17) is 19.9 Å². The van der Waals surface area contributed by atoms with Crippen LogP contribution in [0.15, 0.2) is 0 Å². The first kappa shape index (κ1) is 16.4. The minimum absolute atomic E-state index is 0.0127. The van der Waals surface area contributed by atoms with Gasteiger partial charge in [-0.3, -0.25) is 4.79 Å². The van der Waals surface area contributed by atoms with Crippen LogP contribution in [0.1, 0.15) is 47.5 Å². The van der Waals surface area contributed by atoms with E-state index in [1.807, 2.05) is 34.6 Å². The molecule has 5 heteroatoms. The Morgan fingerprint density at radius 1 is 1.32 bits per heavy atom. The third-order valence-corrected chi connectivity index (χ3v) is 3.40. The van der Waals surface area contributed by atoms with Gasteiger partial charge in [0, 0.05) is 5.41 Å². The molecule has 1 aliphatic heterocycles. The number of rotatable bonds is 4. The molecule has 0 radical (unpaired) electrons. The molecule has 0 amide bonds. The van der Waals surface area contributed by atoms with Crippen molar-refractivity contribution in [3.8, 4) is 0 Å². The van der Waals surface area contributed by atoms with Crippen LogP contribution in [0.25, 0.3) is 0 Å². The van der Waals surface area contributed by atoms with Gasteiger partial charge in [0.25, 0.3) is 0 Å². The van der Waals surface area contributed by atoms with Crippen LogP contribution in [0.2, 0.25) is 0 Å². The van der Waals surface area contributed by atoms with Gasteiger partial charge in [-0.05, 0) is 33.7 Å². The molecule has 1 saturated heterocycles. The van der Waals surface area contributed by atoms with E-state index in [-0.39, 0.29) is 36.8 Å². The Hall–Kier alpha value is -0.650. The predicted molar refractivity (Wildman–Crippen MR) is 72.5 cm³/mol. The molecule has 112 valence electrons. The number of esters is 1. The van der Waals surface area contributed by atoms with Gasteiger partial charge in [-0.2, -0.15) is 0 Å². The first-order chi connectivity index (χ1) is 8.66. The van der Waals surface area contributed by atoms with Crippen LogP contribution in [0.3, 0.4) is 0 Å². The standard InChI is InChI=1S/C14H27NO4/c1-13(2,3)19-12(16)8-11-14(4,5)10(6-7-15)17-9-18-11/h10-11H,6-9,15H2,1-5H3/t10-,11-/m1/s1. The molecule has 1 aliphatic rings. The SMILES string of the molecule is CC(C)(C)OC(=O)C[C@H]1OCO[C@H](CCN)C1(C)C. The van der Waals surface area contributed by atoms with E-state index in [0.29, 0.717) is 6.54 Å². The van der Waals surface area contributed by atoms with Crippen molar-refractivity contribution in [2.75, 3.05) is 13.3 Å². The van der Waals surface area contributed by atoms with Crippen LogP contribution in [0.4, 0.5) is 0 Å². The predicted octanol–water partition coefficient (Wildman–Crippen LogP) is 1.83. The summed E-state index contributed by atoms with van der Waals surface area (Å²) < 4.78 is 16.5. The second-order valence-electron chi connectivity index (χ2n) is 6.62. The Bertz CT molecular complexity index is 307. The van der Waals surface area contributed by atoms with Gasteiger partial charge < -0.3 is 19.9 Å². The molecule has 0 unspecified atom stereocenters. The van der Waals surface area contributed by atoms with Crippen LogP contribution in [-0.2, 0) is 19.0 Å². The minimum Gasteiger partial charge on any atom is -0.460 e. The highest BCUT2D eigenvalue weighted by atomic mass is 16.7. The van der Waals surface area contributed by atoms with Crippen molar-refractivity contribution in [1.82, 2.24) is 0 Å². The van der Waals surface area contributed by atoms with Gasteiger partial charge in [0.05, 0.1) is 18.6 Å². The lowest BCUT2D eigenvalue weighted by atomic mass is 9.77. The Kier molecular flexibility index (Phi) is 5.35. The summed E-state index contributed by atoms with van der Waals surface area (Å²) in [7, 11) is 0. The third kappa shape index (κ3) is 4.75. The zero-order valence-corrected chi connectivity index (χ0v) is 12.7. The van der Waals surface area contributed by atoms with Gasteiger partial charge >= 0.3 is 5.97 Å². The third-order valence-electron chi connectivity index (χ3n) is 3.40. The smallest absolute Gasteiger partial charge is 0.308 e. The summed E-state index contributed by atoms with van der Waals surface area (Å²) in [6.07, 6.45) is 0.821. The summed E-state index contributed by atoms with van der Waals surface area (Å²) >= 11 is 0. The topological polar surface area (TPSA) is 70.8 Å². The number of carbonyl (C=O) groups is 1. The average Bonchev–Trinajstić information content (AvgIpc) is 2.22. The highest BCUT2D eigenvalue weighted by molar-refractivity contribution is 5.70. The molecule has 0 saturated carbocycles. The number of carbonyl (C=O) groups excluding carboxylic acids is 1. The lowest BCUT2D eigenvalue weighted by Crippen LogP contribution is -2.50. The van der Waals surface area contributed by atoms with Gasteiger partial charge in [-0.15, -0.1) is 0 Å². The molecule has 1 fully saturated rings. The molecule has 0 aromatic heterocycles. The van der Waals surface area contributed by atoms with E-state index in [2.05, 4.69) is 0 Å². The van der Waals surface area contributed by atoms with Gasteiger partial charge in [0.15, 0.2) is 0 Å². The van der Waals surface area contributed by atoms with Crippen molar-refractivity contribution >= 4 is 5.97 Å². The van der Waals surface area contributed by atoms with E-state index >= 15 is 0 Å². The van der Waals surface area contributed by atoms with Crippen LogP contribution in [-0.4, -0.2) is 37.1 Å². The van der Waals surface area contributed by atoms with Gasteiger partial charge in [0.1, 0.15) is 12.4 Å². The molecule has 0 aromatic carbocycles. The Morgan fingerprint density at radius 2 is 1.89 bits per heavy atom. The number of ether oxygens (including phenoxy) is 3. The van der Waals surface area contributed by atoms with Crippen LogP contribution in [0, 0.1) is 5.41 Å². The monoisotopic (exact) mass is 273 g/mol. The van der Waals surface area contributed by atoms with Crippen molar-refractivity contribution in [1.29, 1.82) is 0 Å². The molecular weight excluding hydrogens is 246 g/mol. The summed E-state index contributed by atoms with van der Waals surface area (Å²) in [5, 5.41) is 0. The second kappa shape index (κ2) is 6.20. The second-order valence-corrected chi connectivity index (χ2v) is 6.62. The summed E-state index contributed by atoms with van der Waals surface area (Å²) in [5.41, 5.74) is 4.87. The fourth-order valence-corrected chi connectivity index (χ4v) is 2.30. The average molecular weight is 273 g/mol. The van der Waals surface area contributed by atoms with E-state index in [1.54, 1.807) is 0 Å². The maximum absolute atomic E-state index is 11.9. The maximum atomic E-state index is 11.9. The van der Waals surface area contributed by atoms with Crippen molar-refractivity contribution in [2.45, 2.75) is 65.3 Å². The zero-order valence-electron chi connectivity index (χ0n) is 12.7. The highest BCUT2D eigenvalue weighted by Gasteiger charge is 2.43. The van der Waals surface area contributed by atoms with Crippen molar-refractivity contribution in [2.24, 2.45) is 11.1 Å². The minimum atomic E-state index is -0.469. The van der Waals surface area contributed by atoms with E-state index < -0.39 is 5.60 Å². The number of hydrogen-bond donors (Lipinski definition) is 1. The molecule has 1 heterocycles. The first-order valence-electron chi connectivity index (χ1n) is 6.82. The summed E-state index contributed by atoms with van der Waals surface area (Å²) in [6.45, 7) is 10.4. The van der Waals surface area contributed by atoms with Crippen molar-refractivity contribution in [3.05, 3.63) is 0 Å². The number of nitrogens with two attached hydrogens (primary N) is 1. The molecule has 2 N–H and O–H groups in total. The van der Waals surface area contributed by atoms with Crippen LogP contribution >= 0.6 is 0 Å². The van der Waals surface area contributed by atoms with Crippen LogP contribution in [0.5, 0.6) is 0 Å².